The van der Waals surface area contributed by atoms with Gasteiger partial charge < -0.3 is 20.2 Å². The predicted octanol–water partition coefficient (Wildman–Crippen LogP) is 0.833. The van der Waals surface area contributed by atoms with Gasteiger partial charge in [-0.15, -0.1) is 0 Å². The molecule has 0 aliphatic carbocycles. The fraction of sp³-hybridized carbons (Fsp3) is 0.833. The van der Waals surface area contributed by atoms with Gasteiger partial charge in [0.05, 0.1) is 6.42 Å². The van der Waals surface area contributed by atoms with Gasteiger partial charge in [0.25, 0.3) is 0 Å². The first kappa shape index (κ1) is 16.7. The Bertz CT molecular complexity index is 269. The molecule has 0 saturated carbocycles. The zero-order chi connectivity index (χ0) is 14.1. The average molecular weight is 259 g/mol. The van der Waals surface area contributed by atoms with Gasteiger partial charge in [-0.05, 0) is 20.5 Å². The zero-order valence-corrected chi connectivity index (χ0v) is 11.8. The molecule has 0 aromatic heterocycles. The first-order valence-corrected chi connectivity index (χ1v) is 6.25. The van der Waals surface area contributed by atoms with Crippen LogP contribution in [0.2, 0.25) is 0 Å². The summed E-state index contributed by atoms with van der Waals surface area (Å²) in [5, 5.41) is 11.5. The van der Waals surface area contributed by atoms with Crippen molar-refractivity contribution < 1.29 is 14.7 Å². The number of nitrogens with one attached hydrogen (secondary N) is 1. The van der Waals surface area contributed by atoms with Crippen LogP contribution in [0.5, 0.6) is 0 Å². The predicted molar refractivity (Wildman–Crippen MR) is 70.7 cm³/mol. The highest BCUT2D eigenvalue weighted by Gasteiger charge is 2.17. The molecular formula is C12H25N3O3. The summed E-state index contributed by atoms with van der Waals surface area (Å²) in [5.74, 6) is -0.885. The molecule has 0 aliphatic rings. The van der Waals surface area contributed by atoms with E-state index >= 15 is 0 Å². The normalized spacial score (nSPS) is 12.3. The van der Waals surface area contributed by atoms with Crippen molar-refractivity contribution in [3.63, 3.8) is 0 Å². The lowest BCUT2D eigenvalue weighted by molar-refractivity contribution is -0.137. The number of carbonyl (C=O) groups excluding carboxylic acids is 1. The van der Waals surface area contributed by atoms with Gasteiger partial charge in [-0.3, -0.25) is 4.79 Å². The van der Waals surface area contributed by atoms with Crippen molar-refractivity contribution in [1.29, 1.82) is 0 Å². The molecule has 1 atom stereocenters. The highest BCUT2D eigenvalue weighted by Crippen LogP contribution is 2.02. The molecule has 6 heteroatoms. The number of hydrogen-bond acceptors (Lipinski definition) is 3. The summed E-state index contributed by atoms with van der Waals surface area (Å²) in [6.07, 6.45) is 1.50. The topological polar surface area (TPSA) is 72.9 Å². The van der Waals surface area contributed by atoms with Crippen LogP contribution in [-0.4, -0.2) is 67.2 Å². The van der Waals surface area contributed by atoms with Crippen LogP contribution in [0.25, 0.3) is 0 Å². The molecule has 0 aromatic carbocycles. The van der Waals surface area contributed by atoms with E-state index in [1.165, 1.54) is 0 Å². The number of carbonyl (C=O) groups is 2. The van der Waals surface area contributed by atoms with E-state index in [2.05, 4.69) is 5.32 Å². The largest absolute Gasteiger partial charge is 0.481 e. The molecule has 0 bridgehead atoms. The van der Waals surface area contributed by atoms with E-state index in [1.807, 2.05) is 25.9 Å². The molecule has 0 heterocycles. The fourth-order valence-corrected chi connectivity index (χ4v) is 1.52. The highest BCUT2D eigenvalue weighted by molar-refractivity contribution is 5.75. The van der Waals surface area contributed by atoms with Crippen LogP contribution < -0.4 is 5.32 Å². The third-order valence-corrected chi connectivity index (χ3v) is 2.62. The third kappa shape index (κ3) is 7.89. The highest BCUT2D eigenvalue weighted by atomic mass is 16.4. The van der Waals surface area contributed by atoms with Crippen molar-refractivity contribution in [3.05, 3.63) is 0 Å². The number of nitrogens with zero attached hydrogens (tertiary/aromatic N) is 2. The second-order valence-corrected chi connectivity index (χ2v) is 4.76. The van der Waals surface area contributed by atoms with Crippen molar-refractivity contribution in [2.45, 2.75) is 32.2 Å². The SMILES string of the molecule is CCCC(CC(=O)O)NC(=O)N(C)CCN(C)C. The monoisotopic (exact) mass is 259 g/mol. The first-order valence-electron chi connectivity index (χ1n) is 6.25. The lowest BCUT2D eigenvalue weighted by Crippen LogP contribution is -2.45. The molecule has 0 aromatic rings. The summed E-state index contributed by atoms with van der Waals surface area (Å²) < 4.78 is 0. The van der Waals surface area contributed by atoms with Crippen LogP contribution in [0.4, 0.5) is 4.79 Å². The Morgan fingerprint density at radius 2 is 1.83 bits per heavy atom. The van der Waals surface area contributed by atoms with Crippen LogP contribution >= 0.6 is 0 Å². The Kier molecular flexibility index (Phi) is 8.11. The molecule has 6 nitrogen and oxygen atoms in total. The second-order valence-electron chi connectivity index (χ2n) is 4.76. The maximum atomic E-state index is 11.8. The number of aliphatic carboxylic acids is 1. The lowest BCUT2D eigenvalue weighted by atomic mass is 10.1. The van der Waals surface area contributed by atoms with Crippen molar-refractivity contribution in [1.82, 2.24) is 15.1 Å². The van der Waals surface area contributed by atoms with Gasteiger partial charge in [0.1, 0.15) is 0 Å². The zero-order valence-electron chi connectivity index (χ0n) is 11.8. The van der Waals surface area contributed by atoms with Crippen molar-refractivity contribution >= 4 is 12.0 Å². The van der Waals surface area contributed by atoms with E-state index in [0.29, 0.717) is 13.0 Å². The number of hydrogen-bond donors (Lipinski definition) is 2. The molecule has 2 N–H and O–H groups in total. The summed E-state index contributed by atoms with van der Waals surface area (Å²) in [7, 11) is 5.59. The smallest absolute Gasteiger partial charge is 0.317 e. The van der Waals surface area contributed by atoms with E-state index in [-0.39, 0.29) is 18.5 Å². The maximum absolute atomic E-state index is 11.8. The Morgan fingerprint density at radius 3 is 2.28 bits per heavy atom. The number of likely N-dealkylation sites (N-methyl/N-ethyl adjacent to an activating group) is 2. The minimum Gasteiger partial charge on any atom is -0.481 e. The molecule has 0 radical (unpaired) electrons. The standard InChI is InChI=1S/C12H25N3O3/c1-5-6-10(9-11(16)17)13-12(18)15(4)8-7-14(2)3/h10H,5-9H2,1-4H3,(H,13,18)(H,16,17). The lowest BCUT2D eigenvalue weighted by Gasteiger charge is -2.23. The van der Waals surface area contributed by atoms with Gasteiger partial charge >= 0.3 is 12.0 Å². The van der Waals surface area contributed by atoms with Crippen molar-refractivity contribution in [2.24, 2.45) is 0 Å². The average Bonchev–Trinajstić information content (AvgIpc) is 2.25. The summed E-state index contributed by atoms with van der Waals surface area (Å²) in [6.45, 7) is 3.36. The number of urea groups is 1. The molecule has 18 heavy (non-hydrogen) atoms. The van der Waals surface area contributed by atoms with E-state index in [4.69, 9.17) is 5.11 Å². The van der Waals surface area contributed by atoms with Crippen LogP contribution in [0.1, 0.15) is 26.2 Å². The van der Waals surface area contributed by atoms with Crippen LogP contribution in [0, 0.1) is 0 Å². The summed E-state index contributed by atoms with van der Waals surface area (Å²) in [5.41, 5.74) is 0. The number of rotatable bonds is 8. The minimum absolute atomic E-state index is 0.0267. The quantitative estimate of drug-likeness (QED) is 0.677. The maximum Gasteiger partial charge on any atom is 0.317 e. The molecular weight excluding hydrogens is 234 g/mol. The van der Waals surface area contributed by atoms with Gasteiger partial charge in [-0.25, -0.2) is 4.79 Å². The van der Waals surface area contributed by atoms with E-state index < -0.39 is 5.97 Å². The van der Waals surface area contributed by atoms with Gasteiger partial charge in [0.2, 0.25) is 0 Å². The first-order chi connectivity index (χ1) is 8.36. The number of carboxylic acid groups (broad SMARTS) is 1. The fourth-order valence-electron chi connectivity index (χ4n) is 1.52. The van der Waals surface area contributed by atoms with Gasteiger partial charge in [0, 0.05) is 26.2 Å². The summed E-state index contributed by atoms with van der Waals surface area (Å²) in [6, 6.07) is -0.502. The van der Waals surface area contributed by atoms with E-state index in [0.717, 1.165) is 13.0 Å². The van der Waals surface area contributed by atoms with Crippen LogP contribution in [-0.2, 0) is 4.79 Å². The summed E-state index contributed by atoms with van der Waals surface area (Å²) >= 11 is 0. The molecule has 1 unspecified atom stereocenters. The minimum atomic E-state index is -0.885. The molecule has 0 fully saturated rings. The van der Waals surface area contributed by atoms with Gasteiger partial charge in [-0.2, -0.15) is 0 Å². The number of carboxylic acids is 1. The van der Waals surface area contributed by atoms with E-state index in [1.54, 1.807) is 11.9 Å². The Morgan fingerprint density at radius 1 is 1.22 bits per heavy atom. The Hall–Kier alpha value is -1.30. The third-order valence-electron chi connectivity index (χ3n) is 2.62. The molecule has 0 aliphatic heterocycles. The molecule has 0 spiro atoms. The molecule has 0 saturated heterocycles. The molecule has 106 valence electrons. The van der Waals surface area contributed by atoms with Crippen LogP contribution in [0.3, 0.4) is 0 Å². The Balaban J connectivity index is 4.17. The van der Waals surface area contributed by atoms with E-state index in [9.17, 15) is 9.59 Å². The van der Waals surface area contributed by atoms with Crippen LogP contribution in [0.15, 0.2) is 0 Å². The summed E-state index contributed by atoms with van der Waals surface area (Å²) in [4.78, 5) is 26.1. The second kappa shape index (κ2) is 8.74. The van der Waals surface area contributed by atoms with Crippen molar-refractivity contribution in [3.8, 4) is 0 Å². The Labute approximate surface area is 109 Å². The van der Waals surface area contributed by atoms with Crippen molar-refractivity contribution in [2.75, 3.05) is 34.2 Å². The molecule has 2 amide bonds. The van der Waals surface area contributed by atoms with Gasteiger partial charge in [0.15, 0.2) is 0 Å². The molecule has 0 rings (SSSR count). The number of amides is 2. The van der Waals surface area contributed by atoms with Gasteiger partial charge in [-0.1, -0.05) is 13.3 Å².